The Labute approximate surface area is 142 Å². The number of ether oxygens (including phenoxy) is 1. The van der Waals surface area contributed by atoms with E-state index in [1.54, 1.807) is 0 Å². The SMILES string of the molecule is Cc1cccc(NC(=O)[C@@H]2CC=CC[C@H]2C(=O)N2CCOCC2)c1. The second-order valence-electron chi connectivity index (χ2n) is 6.45. The molecule has 2 amide bonds. The molecule has 2 atom stereocenters. The molecular formula is C19H24N2O3. The number of carbonyl (C=O) groups excluding carboxylic acids is 2. The molecule has 1 N–H and O–H groups in total. The fourth-order valence-corrected chi connectivity index (χ4v) is 3.35. The minimum absolute atomic E-state index is 0.0726. The van der Waals surface area contributed by atoms with Crippen molar-refractivity contribution >= 4 is 17.5 Å². The van der Waals surface area contributed by atoms with Crippen molar-refractivity contribution < 1.29 is 14.3 Å². The number of allylic oxidation sites excluding steroid dienone is 2. The number of anilines is 1. The third-order valence-electron chi connectivity index (χ3n) is 4.69. The number of amides is 2. The van der Waals surface area contributed by atoms with Gasteiger partial charge in [-0.05, 0) is 37.5 Å². The molecule has 0 bridgehead atoms. The van der Waals surface area contributed by atoms with Gasteiger partial charge in [-0.2, -0.15) is 0 Å². The summed E-state index contributed by atoms with van der Waals surface area (Å²) in [5.74, 6) is -0.590. The minimum Gasteiger partial charge on any atom is -0.378 e. The molecule has 1 aromatic rings. The van der Waals surface area contributed by atoms with E-state index < -0.39 is 0 Å². The van der Waals surface area contributed by atoms with E-state index in [1.165, 1.54) is 0 Å². The first kappa shape index (κ1) is 16.7. The molecule has 5 nitrogen and oxygen atoms in total. The van der Waals surface area contributed by atoms with Crippen molar-refractivity contribution in [3.05, 3.63) is 42.0 Å². The summed E-state index contributed by atoms with van der Waals surface area (Å²) in [7, 11) is 0. The Bertz CT molecular complexity index is 635. The van der Waals surface area contributed by atoms with Crippen LogP contribution in [-0.4, -0.2) is 43.0 Å². The van der Waals surface area contributed by atoms with Crippen LogP contribution in [0.5, 0.6) is 0 Å². The molecule has 128 valence electrons. The van der Waals surface area contributed by atoms with Gasteiger partial charge in [0.05, 0.1) is 25.0 Å². The molecule has 1 fully saturated rings. The van der Waals surface area contributed by atoms with Crippen LogP contribution in [0.3, 0.4) is 0 Å². The van der Waals surface area contributed by atoms with Crippen LogP contribution in [0.4, 0.5) is 5.69 Å². The monoisotopic (exact) mass is 328 g/mol. The van der Waals surface area contributed by atoms with Crippen LogP contribution in [0.25, 0.3) is 0 Å². The summed E-state index contributed by atoms with van der Waals surface area (Å²) in [4.78, 5) is 27.4. The van der Waals surface area contributed by atoms with E-state index >= 15 is 0 Å². The topological polar surface area (TPSA) is 58.6 Å². The Morgan fingerprint density at radius 3 is 2.54 bits per heavy atom. The lowest BCUT2D eigenvalue weighted by molar-refractivity contribution is -0.144. The van der Waals surface area contributed by atoms with Crippen molar-refractivity contribution in [3.8, 4) is 0 Å². The lowest BCUT2D eigenvalue weighted by atomic mass is 9.81. The fourth-order valence-electron chi connectivity index (χ4n) is 3.35. The van der Waals surface area contributed by atoms with Gasteiger partial charge >= 0.3 is 0 Å². The molecule has 24 heavy (non-hydrogen) atoms. The summed E-state index contributed by atoms with van der Waals surface area (Å²) in [6, 6.07) is 7.73. The van der Waals surface area contributed by atoms with Crippen LogP contribution in [-0.2, 0) is 14.3 Å². The van der Waals surface area contributed by atoms with Gasteiger partial charge in [-0.1, -0.05) is 24.3 Å². The molecule has 1 aliphatic carbocycles. The van der Waals surface area contributed by atoms with E-state index in [1.807, 2.05) is 48.2 Å². The summed E-state index contributed by atoms with van der Waals surface area (Å²) in [5.41, 5.74) is 1.88. The summed E-state index contributed by atoms with van der Waals surface area (Å²) in [5, 5.41) is 2.97. The molecular weight excluding hydrogens is 304 g/mol. The lowest BCUT2D eigenvalue weighted by Crippen LogP contribution is -2.47. The molecule has 1 heterocycles. The van der Waals surface area contributed by atoms with E-state index in [0.717, 1.165) is 11.3 Å². The number of nitrogens with one attached hydrogen (secondary N) is 1. The molecule has 5 heteroatoms. The van der Waals surface area contributed by atoms with Gasteiger partial charge in [0, 0.05) is 18.8 Å². The van der Waals surface area contributed by atoms with Crippen molar-refractivity contribution in [3.63, 3.8) is 0 Å². The molecule has 3 rings (SSSR count). The fraction of sp³-hybridized carbons (Fsp3) is 0.474. The third kappa shape index (κ3) is 3.85. The maximum absolute atomic E-state index is 12.8. The molecule has 1 aromatic carbocycles. The van der Waals surface area contributed by atoms with Crippen LogP contribution in [0.15, 0.2) is 36.4 Å². The highest BCUT2D eigenvalue weighted by Crippen LogP contribution is 2.29. The second kappa shape index (κ2) is 7.62. The molecule has 1 aliphatic heterocycles. The zero-order valence-corrected chi connectivity index (χ0v) is 14.0. The van der Waals surface area contributed by atoms with Gasteiger partial charge in [-0.15, -0.1) is 0 Å². The standard InChI is InChI=1S/C19H24N2O3/c1-14-5-4-6-15(13-14)20-18(22)16-7-2-3-8-17(16)19(23)21-9-11-24-12-10-21/h2-6,13,16-17H,7-12H2,1H3,(H,20,22)/t16-,17-/m1/s1. The first-order valence-corrected chi connectivity index (χ1v) is 8.54. The normalized spacial score (nSPS) is 23.8. The predicted molar refractivity (Wildman–Crippen MR) is 92.6 cm³/mol. The van der Waals surface area contributed by atoms with E-state index in [4.69, 9.17) is 4.74 Å². The highest BCUT2D eigenvalue weighted by atomic mass is 16.5. The first-order valence-electron chi connectivity index (χ1n) is 8.54. The summed E-state index contributed by atoms with van der Waals surface area (Å²) >= 11 is 0. The number of hydrogen-bond donors (Lipinski definition) is 1. The number of carbonyl (C=O) groups is 2. The average Bonchev–Trinajstić information content (AvgIpc) is 2.62. The molecule has 1 saturated heterocycles. The highest BCUT2D eigenvalue weighted by Gasteiger charge is 2.36. The molecule has 0 spiro atoms. The van der Waals surface area contributed by atoms with E-state index in [2.05, 4.69) is 5.32 Å². The summed E-state index contributed by atoms with van der Waals surface area (Å²) < 4.78 is 5.31. The van der Waals surface area contributed by atoms with E-state index in [0.29, 0.717) is 39.1 Å². The van der Waals surface area contributed by atoms with Crippen molar-refractivity contribution in [1.29, 1.82) is 0 Å². The summed E-state index contributed by atoms with van der Waals surface area (Å²) in [6.45, 7) is 4.38. The number of rotatable bonds is 3. The Morgan fingerprint density at radius 1 is 1.12 bits per heavy atom. The largest absolute Gasteiger partial charge is 0.378 e. The second-order valence-corrected chi connectivity index (χ2v) is 6.45. The number of aryl methyl sites for hydroxylation is 1. The van der Waals surface area contributed by atoms with Crippen molar-refractivity contribution in [2.75, 3.05) is 31.6 Å². The molecule has 0 unspecified atom stereocenters. The van der Waals surface area contributed by atoms with Gasteiger partial charge in [-0.25, -0.2) is 0 Å². The first-order chi connectivity index (χ1) is 11.6. The smallest absolute Gasteiger partial charge is 0.228 e. The number of morpholine rings is 1. The zero-order chi connectivity index (χ0) is 16.9. The average molecular weight is 328 g/mol. The minimum atomic E-state index is -0.314. The van der Waals surface area contributed by atoms with Crippen LogP contribution in [0.1, 0.15) is 18.4 Å². The molecule has 0 radical (unpaired) electrons. The van der Waals surface area contributed by atoms with Gasteiger partial charge in [0.1, 0.15) is 0 Å². The number of nitrogens with zero attached hydrogens (tertiary/aromatic N) is 1. The van der Waals surface area contributed by atoms with Gasteiger partial charge in [0.25, 0.3) is 0 Å². The zero-order valence-electron chi connectivity index (χ0n) is 14.0. The molecule has 0 aromatic heterocycles. The van der Waals surface area contributed by atoms with Crippen molar-refractivity contribution in [2.24, 2.45) is 11.8 Å². The van der Waals surface area contributed by atoms with Gasteiger partial charge in [-0.3, -0.25) is 9.59 Å². The Kier molecular flexibility index (Phi) is 5.30. The van der Waals surface area contributed by atoms with Gasteiger partial charge in [0.15, 0.2) is 0 Å². The van der Waals surface area contributed by atoms with Crippen LogP contribution < -0.4 is 5.32 Å². The molecule has 0 saturated carbocycles. The van der Waals surface area contributed by atoms with Crippen LogP contribution in [0.2, 0.25) is 0 Å². The highest BCUT2D eigenvalue weighted by molar-refractivity contribution is 5.96. The molecule has 2 aliphatic rings. The van der Waals surface area contributed by atoms with Crippen LogP contribution >= 0.6 is 0 Å². The van der Waals surface area contributed by atoms with E-state index in [9.17, 15) is 9.59 Å². The number of benzene rings is 1. The maximum Gasteiger partial charge on any atom is 0.228 e. The number of hydrogen-bond acceptors (Lipinski definition) is 3. The van der Waals surface area contributed by atoms with Crippen LogP contribution in [0, 0.1) is 18.8 Å². The predicted octanol–water partition coefficient (Wildman–Crippen LogP) is 2.37. The third-order valence-corrected chi connectivity index (χ3v) is 4.69. The van der Waals surface area contributed by atoms with Crippen molar-refractivity contribution in [2.45, 2.75) is 19.8 Å². The lowest BCUT2D eigenvalue weighted by Gasteiger charge is -2.34. The van der Waals surface area contributed by atoms with Gasteiger partial charge in [0.2, 0.25) is 11.8 Å². The quantitative estimate of drug-likeness (QED) is 0.867. The Balaban J connectivity index is 1.70. The van der Waals surface area contributed by atoms with Gasteiger partial charge < -0.3 is 15.0 Å². The Hall–Kier alpha value is -2.14. The van der Waals surface area contributed by atoms with E-state index in [-0.39, 0.29) is 23.7 Å². The Morgan fingerprint density at radius 2 is 1.83 bits per heavy atom. The summed E-state index contributed by atoms with van der Waals surface area (Å²) in [6.07, 6.45) is 5.25. The van der Waals surface area contributed by atoms with Crippen molar-refractivity contribution in [1.82, 2.24) is 4.90 Å². The maximum atomic E-state index is 12.8.